The average molecular weight is 366 g/mol. The maximum atomic E-state index is 12.4. The summed E-state index contributed by atoms with van der Waals surface area (Å²) in [5.41, 5.74) is 2.48. The second-order valence-electron chi connectivity index (χ2n) is 5.51. The number of hydrogen-bond donors (Lipinski definition) is 1. The van der Waals surface area contributed by atoms with Crippen LogP contribution in [0.15, 0.2) is 69.9 Å². The summed E-state index contributed by atoms with van der Waals surface area (Å²) in [4.78, 5) is 21.7. The fourth-order valence-corrected chi connectivity index (χ4v) is 3.40. The molecule has 0 spiro atoms. The van der Waals surface area contributed by atoms with Gasteiger partial charge in [-0.2, -0.15) is 0 Å². The van der Waals surface area contributed by atoms with E-state index in [9.17, 15) is 9.90 Å². The Labute approximate surface area is 156 Å². The quantitative estimate of drug-likeness (QED) is 0.802. The zero-order valence-electron chi connectivity index (χ0n) is 14.5. The van der Waals surface area contributed by atoms with Crippen LogP contribution in [0.2, 0.25) is 0 Å². The van der Waals surface area contributed by atoms with E-state index < -0.39 is 5.97 Å². The number of aliphatic imine (C=N–C) groups is 1. The van der Waals surface area contributed by atoms with Gasteiger partial charge < -0.3 is 9.84 Å². The van der Waals surface area contributed by atoms with Gasteiger partial charge in [0.15, 0.2) is 0 Å². The van der Waals surface area contributed by atoms with Crippen molar-refractivity contribution >= 4 is 34.5 Å². The molecular formula is C20H18N2O3S. The lowest BCUT2D eigenvalue weighted by atomic mass is 10.2. The predicted molar refractivity (Wildman–Crippen MR) is 104 cm³/mol. The molecule has 0 amide bonds. The van der Waals surface area contributed by atoms with Gasteiger partial charge in [-0.25, -0.2) is 9.79 Å². The minimum atomic E-state index is -0.589. The molecule has 0 saturated heterocycles. The molecule has 1 N–H and O–H groups in total. The van der Waals surface area contributed by atoms with Crippen molar-refractivity contribution in [2.24, 2.45) is 4.99 Å². The number of rotatable bonds is 4. The van der Waals surface area contributed by atoms with Gasteiger partial charge in [-0.3, -0.25) is 4.98 Å². The van der Waals surface area contributed by atoms with Gasteiger partial charge >= 0.3 is 5.97 Å². The molecule has 0 unspecified atom stereocenters. The topological polar surface area (TPSA) is 71.8 Å². The lowest BCUT2D eigenvalue weighted by Crippen LogP contribution is -2.12. The normalized spacial score (nSPS) is 17.2. The van der Waals surface area contributed by atoms with Crippen LogP contribution in [-0.2, 0) is 9.53 Å². The van der Waals surface area contributed by atoms with Crippen LogP contribution in [0, 0.1) is 6.92 Å². The third-order valence-corrected chi connectivity index (χ3v) is 4.69. The summed E-state index contributed by atoms with van der Waals surface area (Å²) in [5, 5.41) is 11.0. The van der Waals surface area contributed by atoms with E-state index in [0.717, 1.165) is 11.3 Å². The van der Waals surface area contributed by atoms with Gasteiger partial charge in [0.05, 0.1) is 22.9 Å². The Morgan fingerprint density at radius 3 is 2.73 bits per heavy atom. The molecule has 0 saturated carbocycles. The van der Waals surface area contributed by atoms with Crippen LogP contribution < -0.4 is 0 Å². The number of pyridine rings is 1. The van der Waals surface area contributed by atoms with Crippen molar-refractivity contribution < 1.29 is 14.6 Å². The number of hydrogen-bond acceptors (Lipinski definition) is 6. The standard InChI is InChI=1S/C20H18N2O3S/c1-3-25-20(24)17-18(23)16(12-14-9-6-7-11-21-14)26-19(17)22-15-10-5-4-8-13(15)2/h4-12,23H,3H2,1-2H3/b16-12+,22-19?. The molecule has 2 heterocycles. The highest BCUT2D eigenvalue weighted by Crippen LogP contribution is 2.40. The molecule has 0 atom stereocenters. The number of carbonyl (C=O) groups excluding carboxylic acids is 1. The van der Waals surface area contributed by atoms with Crippen molar-refractivity contribution in [3.05, 3.63) is 76.2 Å². The van der Waals surface area contributed by atoms with E-state index in [1.165, 1.54) is 11.8 Å². The van der Waals surface area contributed by atoms with E-state index in [1.807, 2.05) is 49.4 Å². The monoisotopic (exact) mass is 366 g/mol. The summed E-state index contributed by atoms with van der Waals surface area (Å²) in [6.45, 7) is 3.88. The van der Waals surface area contributed by atoms with E-state index in [-0.39, 0.29) is 17.9 Å². The van der Waals surface area contributed by atoms with E-state index in [2.05, 4.69) is 9.98 Å². The zero-order chi connectivity index (χ0) is 18.5. The third-order valence-electron chi connectivity index (χ3n) is 3.67. The molecular weight excluding hydrogens is 348 g/mol. The van der Waals surface area contributed by atoms with Gasteiger partial charge in [0.2, 0.25) is 0 Å². The highest BCUT2D eigenvalue weighted by atomic mass is 32.2. The van der Waals surface area contributed by atoms with Crippen LogP contribution in [0.4, 0.5) is 5.69 Å². The summed E-state index contributed by atoms with van der Waals surface area (Å²) >= 11 is 1.23. The first-order valence-corrected chi connectivity index (χ1v) is 8.97. The fourth-order valence-electron chi connectivity index (χ4n) is 2.39. The molecule has 1 aromatic carbocycles. The number of para-hydroxylation sites is 1. The van der Waals surface area contributed by atoms with Crippen molar-refractivity contribution in [2.45, 2.75) is 13.8 Å². The van der Waals surface area contributed by atoms with Crippen LogP contribution in [0.3, 0.4) is 0 Å². The van der Waals surface area contributed by atoms with Gasteiger partial charge in [0, 0.05) is 6.20 Å². The molecule has 0 aliphatic carbocycles. The van der Waals surface area contributed by atoms with E-state index in [1.54, 1.807) is 19.2 Å². The first-order valence-electron chi connectivity index (χ1n) is 8.16. The summed E-state index contributed by atoms with van der Waals surface area (Å²) in [5.74, 6) is -0.722. The number of aliphatic hydroxyl groups is 1. The Hall–Kier alpha value is -2.86. The maximum Gasteiger partial charge on any atom is 0.344 e. The Bertz CT molecular complexity index is 918. The second kappa shape index (κ2) is 8.01. The van der Waals surface area contributed by atoms with Crippen LogP contribution in [0.25, 0.3) is 6.08 Å². The minimum Gasteiger partial charge on any atom is -0.506 e. The third kappa shape index (κ3) is 3.86. The van der Waals surface area contributed by atoms with Crippen LogP contribution in [0.5, 0.6) is 0 Å². The van der Waals surface area contributed by atoms with Gasteiger partial charge in [0.25, 0.3) is 0 Å². The number of aromatic nitrogens is 1. The minimum absolute atomic E-state index is 0.0854. The summed E-state index contributed by atoms with van der Waals surface area (Å²) in [6.07, 6.45) is 3.39. The molecule has 1 aliphatic heterocycles. The van der Waals surface area contributed by atoms with E-state index in [4.69, 9.17) is 4.74 Å². The number of aryl methyl sites for hydroxylation is 1. The molecule has 6 heteroatoms. The smallest absolute Gasteiger partial charge is 0.344 e. The number of aliphatic hydroxyl groups excluding tert-OH is 1. The first kappa shape index (κ1) is 17.9. The number of thioether (sulfide) groups is 1. The Kier molecular flexibility index (Phi) is 5.53. The summed E-state index contributed by atoms with van der Waals surface area (Å²) in [6, 6.07) is 13.1. The van der Waals surface area contributed by atoms with Crippen LogP contribution in [0.1, 0.15) is 18.2 Å². The van der Waals surface area contributed by atoms with Crippen molar-refractivity contribution in [2.75, 3.05) is 6.61 Å². The Morgan fingerprint density at radius 2 is 2.04 bits per heavy atom. The van der Waals surface area contributed by atoms with Crippen molar-refractivity contribution in [1.29, 1.82) is 0 Å². The van der Waals surface area contributed by atoms with E-state index in [0.29, 0.717) is 15.6 Å². The molecule has 132 valence electrons. The van der Waals surface area contributed by atoms with Gasteiger partial charge in [-0.1, -0.05) is 36.0 Å². The predicted octanol–water partition coefficient (Wildman–Crippen LogP) is 4.58. The molecule has 0 bridgehead atoms. The molecule has 3 rings (SSSR count). The number of benzene rings is 1. The first-order chi connectivity index (χ1) is 12.6. The molecule has 0 radical (unpaired) electrons. The largest absolute Gasteiger partial charge is 0.506 e. The van der Waals surface area contributed by atoms with Gasteiger partial charge in [0.1, 0.15) is 16.4 Å². The molecule has 26 heavy (non-hydrogen) atoms. The van der Waals surface area contributed by atoms with Gasteiger partial charge in [-0.15, -0.1) is 0 Å². The summed E-state index contributed by atoms with van der Waals surface area (Å²) in [7, 11) is 0. The molecule has 2 aromatic rings. The van der Waals surface area contributed by atoms with Crippen molar-refractivity contribution in [3.8, 4) is 0 Å². The number of nitrogens with zero attached hydrogens (tertiary/aromatic N) is 2. The zero-order valence-corrected chi connectivity index (χ0v) is 15.3. The summed E-state index contributed by atoms with van der Waals surface area (Å²) < 4.78 is 5.10. The second-order valence-corrected chi connectivity index (χ2v) is 6.54. The number of carbonyl (C=O) groups is 1. The molecule has 5 nitrogen and oxygen atoms in total. The maximum absolute atomic E-state index is 12.4. The van der Waals surface area contributed by atoms with Crippen LogP contribution in [-0.4, -0.2) is 27.7 Å². The lowest BCUT2D eigenvalue weighted by molar-refractivity contribution is -0.138. The lowest BCUT2D eigenvalue weighted by Gasteiger charge is -2.05. The van der Waals surface area contributed by atoms with Crippen LogP contribution >= 0.6 is 11.8 Å². The SMILES string of the molecule is CCOC(=O)C1=C(O)/C(=C\c2ccccn2)SC1=Nc1ccccc1C. The van der Waals surface area contributed by atoms with Crippen molar-refractivity contribution in [1.82, 2.24) is 4.98 Å². The Balaban J connectivity index is 2.06. The number of ether oxygens (including phenoxy) is 1. The van der Waals surface area contributed by atoms with Gasteiger partial charge in [-0.05, 0) is 43.7 Å². The highest BCUT2D eigenvalue weighted by Gasteiger charge is 2.33. The van der Waals surface area contributed by atoms with E-state index >= 15 is 0 Å². The molecule has 1 aromatic heterocycles. The molecule has 1 aliphatic rings. The number of esters is 1. The Morgan fingerprint density at radius 1 is 1.27 bits per heavy atom. The highest BCUT2D eigenvalue weighted by molar-refractivity contribution is 8.18. The fraction of sp³-hybridized carbons (Fsp3) is 0.150. The van der Waals surface area contributed by atoms with Crippen molar-refractivity contribution in [3.63, 3.8) is 0 Å². The average Bonchev–Trinajstić information content (AvgIpc) is 2.93. The molecule has 0 fully saturated rings.